The first kappa shape index (κ1) is 22.7. The molecule has 1 aliphatic rings. The number of nitrogens with zero attached hydrogens (tertiary/aromatic N) is 6. The molecule has 0 unspecified atom stereocenters. The smallest absolute Gasteiger partial charge is 0.304 e. The van der Waals surface area contributed by atoms with E-state index in [2.05, 4.69) is 36.3 Å². The minimum atomic E-state index is -0.452. The van der Waals surface area contributed by atoms with Gasteiger partial charge in [-0.1, -0.05) is 36.4 Å². The van der Waals surface area contributed by atoms with Gasteiger partial charge in [-0.15, -0.1) is 10.2 Å². The number of ether oxygens (including phenoxy) is 1. The summed E-state index contributed by atoms with van der Waals surface area (Å²) in [5.74, 6) is 0.0832. The van der Waals surface area contributed by atoms with E-state index < -0.39 is 5.91 Å². The number of H-pyrrole nitrogens is 1. The summed E-state index contributed by atoms with van der Waals surface area (Å²) in [6, 6.07) is 18.2. The number of nitrogens with one attached hydrogen (secondary N) is 2. The molecule has 5 rings (SSSR count). The SMILES string of the molecule is COC1=NN(c2ccc(C)c(C)c2)C(=O)C1=NNc1cccc(-c2cccc(-c3nnn[nH]3)c2)c1O. The molecule has 0 atom stereocenters. The van der Waals surface area contributed by atoms with Crippen LogP contribution in [0.2, 0.25) is 0 Å². The maximum atomic E-state index is 13.1. The fraction of sp³-hybridized carbons (Fsp3) is 0.120. The Balaban J connectivity index is 1.43. The van der Waals surface area contributed by atoms with Crippen molar-refractivity contribution >= 4 is 28.9 Å². The van der Waals surface area contributed by atoms with E-state index in [0.29, 0.717) is 22.8 Å². The van der Waals surface area contributed by atoms with Crippen molar-refractivity contribution in [2.45, 2.75) is 13.8 Å². The zero-order valence-electron chi connectivity index (χ0n) is 19.7. The zero-order valence-corrected chi connectivity index (χ0v) is 19.7. The van der Waals surface area contributed by atoms with Crippen molar-refractivity contribution in [1.82, 2.24) is 20.6 Å². The molecule has 2 heterocycles. The lowest BCUT2D eigenvalue weighted by atomic mass is 10.0. The average Bonchev–Trinajstić information content (AvgIpc) is 3.54. The average molecular weight is 483 g/mol. The van der Waals surface area contributed by atoms with Crippen LogP contribution in [0.25, 0.3) is 22.5 Å². The normalized spacial score (nSPS) is 14.3. The van der Waals surface area contributed by atoms with Crippen molar-refractivity contribution in [3.8, 4) is 28.3 Å². The lowest BCUT2D eigenvalue weighted by molar-refractivity contribution is -0.112. The van der Waals surface area contributed by atoms with Crippen LogP contribution < -0.4 is 10.4 Å². The molecule has 0 saturated carbocycles. The number of aromatic amines is 1. The maximum absolute atomic E-state index is 13.1. The van der Waals surface area contributed by atoms with Gasteiger partial charge in [0.2, 0.25) is 5.71 Å². The Morgan fingerprint density at radius 1 is 1.03 bits per heavy atom. The Hall–Kier alpha value is -5.06. The molecule has 4 aromatic rings. The number of rotatable bonds is 5. The first-order valence-corrected chi connectivity index (χ1v) is 11.0. The van der Waals surface area contributed by atoms with E-state index in [-0.39, 0.29) is 17.4 Å². The number of carbonyl (C=O) groups is 1. The van der Waals surface area contributed by atoms with Crippen LogP contribution in [0.3, 0.4) is 0 Å². The second-order valence-electron chi connectivity index (χ2n) is 8.10. The number of para-hydroxylation sites is 1. The largest absolute Gasteiger partial charge is 0.505 e. The van der Waals surface area contributed by atoms with Gasteiger partial charge in [0, 0.05) is 11.1 Å². The highest BCUT2D eigenvalue weighted by atomic mass is 16.5. The summed E-state index contributed by atoms with van der Waals surface area (Å²) in [7, 11) is 1.42. The molecule has 11 nitrogen and oxygen atoms in total. The third kappa shape index (κ3) is 4.13. The molecule has 1 amide bonds. The van der Waals surface area contributed by atoms with Crippen LogP contribution in [0.4, 0.5) is 11.4 Å². The lowest BCUT2D eigenvalue weighted by Crippen LogP contribution is -2.29. The quantitative estimate of drug-likeness (QED) is 0.291. The molecule has 180 valence electrons. The van der Waals surface area contributed by atoms with Crippen molar-refractivity contribution in [3.63, 3.8) is 0 Å². The molecule has 1 aromatic heterocycles. The molecular formula is C25H22N8O3. The lowest BCUT2D eigenvalue weighted by Gasteiger charge is -2.13. The summed E-state index contributed by atoms with van der Waals surface area (Å²) in [4.78, 5) is 13.1. The molecular weight excluding hydrogens is 460 g/mol. The molecule has 36 heavy (non-hydrogen) atoms. The number of phenolic OH excluding ortho intramolecular Hbond substituents is 1. The number of aromatic nitrogens is 4. The Kier molecular flexibility index (Phi) is 5.87. The summed E-state index contributed by atoms with van der Waals surface area (Å²) >= 11 is 0. The molecule has 3 aromatic carbocycles. The predicted octanol–water partition coefficient (Wildman–Crippen LogP) is 3.63. The molecule has 0 bridgehead atoms. The van der Waals surface area contributed by atoms with E-state index >= 15 is 0 Å². The third-order valence-electron chi connectivity index (χ3n) is 5.83. The molecule has 0 spiro atoms. The van der Waals surface area contributed by atoms with Crippen LogP contribution in [0.1, 0.15) is 11.1 Å². The van der Waals surface area contributed by atoms with Crippen molar-refractivity contribution in [1.29, 1.82) is 0 Å². The van der Waals surface area contributed by atoms with Crippen molar-refractivity contribution in [3.05, 3.63) is 71.8 Å². The van der Waals surface area contributed by atoms with Crippen LogP contribution >= 0.6 is 0 Å². The van der Waals surface area contributed by atoms with Gasteiger partial charge >= 0.3 is 5.91 Å². The number of tetrazole rings is 1. The van der Waals surface area contributed by atoms with Crippen LogP contribution in [-0.2, 0) is 9.53 Å². The fourth-order valence-electron chi connectivity index (χ4n) is 3.74. The molecule has 3 N–H and O–H groups in total. The third-order valence-corrected chi connectivity index (χ3v) is 5.83. The van der Waals surface area contributed by atoms with Crippen molar-refractivity contribution in [2.75, 3.05) is 17.5 Å². The van der Waals surface area contributed by atoms with Crippen LogP contribution in [0.15, 0.2) is 70.9 Å². The van der Waals surface area contributed by atoms with Gasteiger partial charge in [0.05, 0.1) is 18.5 Å². The topological polar surface area (TPSA) is 141 Å². The summed E-state index contributed by atoms with van der Waals surface area (Å²) in [5, 5.41) is 34.6. The zero-order chi connectivity index (χ0) is 25.2. The minimum absolute atomic E-state index is 0.0136. The number of phenols is 1. The summed E-state index contributed by atoms with van der Waals surface area (Å²) in [6.07, 6.45) is 0. The number of hydrogen-bond donors (Lipinski definition) is 3. The molecule has 0 fully saturated rings. The van der Waals surface area contributed by atoms with Crippen LogP contribution in [0.5, 0.6) is 5.75 Å². The monoisotopic (exact) mass is 482 g/mol. The van der Waals surface area contributed by atoms with E-state index in [0.717, 1.165) is 22.3 Å². The second kappa shape index (κ2) is 9.29. The van der Waals surface area contributed by atoms with Crippen molar-refractivity contribution < 1.29 is 14.6 Å². The van der Waals surface area contributed by atoms with Gasteiger partial charge in [-0.3, -0.25) is 10.2 Å². The summed E-state index contributed by atoms with van der Waals surface area (Å²) in [6.45, 7) is 3.96. The highest BCUT2D eigenvalue weighted by molar-refractivity contribution is 6.70. The van der Waals surface area contributed by atoms with Crippen molar-refractivity contribution in [2.24, 2.45) is 10.2 Å². The maximum Gasteiger partial charge on any atom is 0.304 e. The van der Waals surface area contributed by atoms with Gasteiger partial charge in [0.15, 0.2) is 5.82 Å². The van der Waals surface area contributed by atoms with E-state index in [1.54, 1.807) is 18.2 Å². The Morgan fingerprint density at radius 2 is 1.83 bits per heavy atom. The fourth-order valence-corrected chi connectivity index (χ4v) is 3.74. The number of amides is 1. The number of benzene rings is 3. The standard InChI is InChI=1S/C25H22N8O3/c1-14-10-11-18(12-15(14)2)33-25(35)21(24(30-33)36-3)27-26-20-9-5-8-19(22(20)34)16-6-4-7-17(13-16)23-28-31-32-29-23/h4-13,26,34H,1-3H3,(H,28,29,31,32). The van der Waals surface area contributed by atoms with Gasteiger partial charge in [-0.2, -0.15) is 10.1 Å². The van der Waals surface area contributed by atoms with E-state index in [4.69, 9.17) is 4.74 Å². The molecule has 0 saturated heterocycles. The Labute approximate surface area is 206 Å². The minimum Gasteiger partial charge on any atom is -0.505 e. The number of carbonyl (C=O) groups excluding carboxylic acids is 1. The van der Waals surface area contributed by atoms with Gasteiger partial charge in [-0.05, 0) is 65.2 Å². The van der Waals surface area contributed by atoms with Gasteiger partial charge < -0.3 is 9.84 Å². The van der Waals surface area contributed by atoms with Crippen LogP contribution in [0, 0.1) is 13.8 Å². The number of hydrazone groups is 2. The predicted molar refractivity (Wildman–Crippen MR) is 136 cm³/mol. The number of hydrogen-bond acceptors (Lipinski definition) is 9. The van der Waals surface area contributed by atoms with Gasteiger partial charge in [0.1, 0.15) is 5.75 Å². The van der Waals surface area contributed by atoms with Gasteiger partial charge in [0.25, 0.3) is 5.90 Å². The number of aryl methyl sites for hydroxylation is 2. The number of anilines is 2. The van der Waals surface area contributed by atoms with Crippen LogP contribution in [-0.4, -0.2) is 50.4 Å². The Morgan fingerprint density at radius 3 is 2.58 bits per heavy atom. The summed E-state index contributed by atoms with van der Waals surface area (Å²) in [5.41, 5.74) is 7.89. The highest BCUT2D eigenvalue weighted by Crippen LogP contribution is 2.36. The highest BCUT2D eigenvalue weighted by Gasteiger charge is 2.34. The van der Waals surface area contributed by atoms with E-state index in [1.165, 1.54) is 12.1 Å². The first-order chi connectivity index (χ1) is 17.5. The molecule has 11 heteroatoms. The van der Waals surface area contributed by atoms with Gasteiger partial charge in [-0.25, -0.2) is 5.10 Å². The van der Waals surface area contributed by atoms with E-state index in [9.17, 15) is 9.90 Å². The molecule has 0 aliphatic carbocycles. The number of aromatic hydroxyl groups is 1. The molecule has 1 aliphatic heterocycles. The van der Waals surface area contributed by atoms with E-state index in [1.807, 2.05) is 56.3 Å². The first-order valence-electron chi connectivity index (χ1n) is 11.0. The molecule has 0 radical (unpaired) electrons. The summed E-state index contributed by atoms with van der Waals surface area (Å²) < 4.78 is 5.30. The second-order valence-corrected chi connectivity index (χ2v) is 8.10. The number of methoxy groups -OCH3 is 1. The Bertz CT molecular complexity index is 1510.